The van der Waals surface area contributed by atoms with Crippen molar-refractivity contribution in [1.29, 1.82) is 0 Å². The van der Waals surface area contributed by atoms with E-state index in [2.05, 4.69) is 0 Å². The first-order valence-electron chi connectivity index (χ1n) is 5.48. The fraction of sp³-hybridized carbons (Fsp3) is 0.0769. The standard InChI is InChI=1S/C13H8Cl2FNO3/c14-9-1-4-13(17(18)19)8(5-9)7-20-10-2-3-11(15)12(16)6-10/h1-6H,7H2. The Morgan fingerprint density at radius 2 is 1.95 bits per heavy atom. The first-order chi connectivity index (χ1) is 9.47. The van der Waals surface area contributed by atoms with Gasteiger partial charge in [-0.05, 0) is 24.3 Å². The summed E-state index contributed by atoms with van der Waals surface area (Å²) in [4.78, 5) is 10.3. The van der Waals surface area contributed by atoms with E-state index < -0.39 is 10.7 Å². The van der Waals surface area contributed by atoms with Crippen LogP contribution in [0, 0.1) is 15.9 Å². The largest absolute Gasteiger partial charge is 0.489 e. The molecule has 0 atom stereocenters. The number of hydrogen-bond acceptors (Lipinski definition) is 3. The van der Waals surface area contributed by atoms with Crippen LogP contribution in [0.15, 0.2) is 36.4 Å². The number of nitro benzene ring substituents is 1. The van der Waals surface area contributed by atoms with Crippen molar-refractivity contribution in [3.63, 3.8) is 0 Å². The van der Waals surface area contributed by atoms with Crippen LogP contribution in [0.2, 0.25) is 10.0 Å². The number of rotatable bonds is 4. The number of nitro groups is 1. The molecular weight excluding hydrogens is 308 g/mol. The maximum Gasteiger partial charge on any atom is 0.276 e. The molecule has 0 unspecified atom stereocenters. The highest BCUT2D eigenvalue weighted by molar-refractivity contribution is 6.31. The van der Waals surface area contributed by atoms with Crippen molar-refractivity contribution in [2.75, 3.05) is 0 Å². The average molecular weight is 316 g/mol. The monoisotopic (exact) mass is 315 g/mol. The maximum atomic E-state index is 13.2. The molecule has 2 rings (SSSR count). The molecule has 0 spiro atoms. The van der Waals surface area contributed by atoms with Crippen LogP contribution >= 0.6 is 23.2 Å². The lowest BCUT2D eigenvalue weighted by molar-refractivity contribution is -0.385. The number of ether oxygens (including phenoxy) is 1. The Balaban J connectivity index is 2.20. The SMILES string of the molecule is O=[N+]([O-])c1ccc(Cl)cc1COc1ccc(Cl)c(F)c1. The van der Waals surface area contributed by atoms with Gasteiger partial charge in [0, 0.05) is 17.2 Å². The zero-order valence-corrected chi connectivity index (χ0v) is 11.5. The summed E-state index contributed by atoms with van der Waals surface area (Å²) in [7, 11) is 0. The Hall–Kier alpha value is -1.85. The van der Waals surface area contributed by atoms with Crippen LogP contribution in [-0.4, -0.2) is 4.92 Å². The summed E-state index contributed by atoms with van der Waals surface area (Å²) < 4.78 is 18.5. The van der Waals surface area contributed by atoms with Gasteiger partial charge in [0.05, 0.1) is 15.5 Å². The molecule has 0 heterocycles. The van der Waals surface area contributed by atoms with E-state index >= 15 is 0 Å². The molecule has 0 N–H and O–H groups in total. The summed E-state index contributed by atoms with van der Waals surface area (Å²) in [5.74, 6) is -0.397. The van der Waals surface area contributed by atoms with E-state index in [1.54, 1.807) is 0 Å². The second kappa shape index (κ2) is 6.07. The van der Waals surface area contributed by atoms with Crippen LogP contribution < -0.4 is 4.74 Å². The molecule has 0 aromatic heterocycles. The first kappa shape index (κ1) is 14.6. The van der Waals surface area contributed by atoms with Crippen molar-refractivity contribution in [2.24, 2.45) is 0 Å². The fourth-order valence-electron chi connectivity index (χ4n) is 1.58. The molecule has 104 valence electrons. The molecular formula is C13H8Cl2FNO3. The minimum absolute atomic E-state index is 0.0221. The number of nitrogens with zero attached hydrogens (tertiary/aromatic N) is 1. The summed E-state index contributed by atoms with van der Waals surface area (Å²) in [6.45, 7) is -0.0993. The van der Waals surface area contributed by atoms with Crippen molar-refractivity contribution < 1.29 is 14.1 Å². The normalized spacial score (nSPS) is 10.3. The van der Waals surface area contributed by atoms with Gasteiger partial charge in [-0.2, -0.15) is 0 Å². The van der Waals surface area contributed by atoms with Crippen LogP contribution in [0.4, 0.5) is 10.1 Å². The van der Waals surface area contributed by atoms with E-state index in [4.69, 9.17) is 27.9 Å². The molecule has 2 aromatic carbocycles. The van der Waals surface area contributed by atoms with E-state index in [1.807, 2.05) is 0 Å². The highest BCUT2D eigenvalue weighted by Gasteiger charge is 2.14. The van der Waals surface area contributed by atoms with Crippen molar-refractivity contribution >= 4 is 28.9 Å². The predicted octanol–water partition coefficient (Wildman–Crippen LogP) is 4.62. The van der Waals surface area contributed by atoms with Crippen molar-refractivity contribution in [2.45, 2.75) is 6.61 Å². The fourth-order valence-corrected chi connectivity index (χ4v) is 1.89. The Bertz CT molecular complexity index is 664. The van der Waals surface area contributed by atoms with Gasteiger partial charge >= 0.3 is 0 Å². The molecule has 0 aliphatic carbocycles. The molecule has 7 heteroatoms. The van der Waals surface area contributed by atoms with Gasteiger partial charge in [0.1, 0.15) is 18.2 Å². The van der Waals surface area contributed by atoms with Gasteiger partial charge in [0.2, 0.25) is 0 Å². The predicted molar refractivity (Wildman–Crippen MR) is 73.8 cm³/mol. The van der Waals surface area contributed by atoms with Gasteiger partial charge in [-0.15, -0.1) is 0 Å². The van der Waals surface area contributed by atoms with Gasteiger partial charge in [-0.1, -0.05) is 23.2 Å². The topological polar surface area (TPSA) is 52.4 Å². The number of hydrogen-bond donors (Lipinski definition) is 0. The summed E-state index contributed by atoms with van der Waals surface area (Å²) in [6, 6.07) is 8.08. The Labute approximate surface area is 123 Å². The molecule has 0 aliphatic rings. The maximum absolute atomic E-state index is 13.2. The van der Waals surface area contributed by atoms with Gasteiger partial charge in [-0.25, -0.2) is 4.39 Å². The van der Waals surface area contributed by atoms with Crippen molar-refractivity contribution in [1.82, 2.24) is 0 Å². The van der Waals surface area contributed by atoms with E-state index in [9.17, 15) is 14.5 Å². The molecule has 0 bridgehead atoms. The van der Waals surface area contributed by atoms with Gasteiger partial charge in [0.25, 0.3) is 5.69 Å². The minimum atomic E-state index is -0.621. The molecule has 0 fully saturated rings. The lowest BCUT2D eigenvalue weighted by Crippen LogP contribution is -2.01. The molecule has 2 aromatic rings. The summed E-state index contributed by atoms with van der Waals surface area (Å²) in [6.07, 6.45) is 0. The van der Waals surface area contributed by atoms with Crippen LogP contribution in [-0.2, 0) is 6.61 Å². The smallest absolute Gasteiger partial charge is 0.276 e. The first-order valence-corrected chi connectivity index (χ1v) is 6.23. The van der Waals surface area contributed by atoms with Crippen molar-refractivity contribution in [3.8, 4) is 5.75 Å². The highest BCUT2D eigenvalue weighted by Crippen LogP contribution is 2.25. The van der Waals surface area contributed by atoms with Crippen LogP contribution in [0.3, 0.4) is 0 Å². The highest BCUT2D eigenvalue weighted by atomic mass is 35.5. The van der Waals surface area contributed by atoms with Crippen LogP contribution in [0.5, 0.6) is 5.75 Å². The number of halogens is 3. The Morgan fingerprint density at radius 3 is 2.60 bits per heavy atom. The lowest BCUT2D eigenvalue weighted by Gasteiger charge is -2.07. The van der Waals surface area contributed by atoms with Gasteiger partial charge in [-0.3, -0.25) is 10.1 Å². The second-order valence-corrected chi connectivity index (χ2v) is 4.74. The van der Waals surface area contributed by atoms with Crippen LogP contribution in [0.25, 0.3) is 0 Å². The van der Waals surface area contributed by atoms with E-state index in [-0.39, 0.29) is 23.1 Å². The van der Waals surface area contributed by atoms with Gasteiger partial charge < -0.3 is 4.74 Å². The molecule has 0 aliphatic heterocycles. The van der Waals surface area contributed by atoms with E-state index in [0.29, 0.717) is 10.6 Å². The molecule has 0 radical (unpaired) electrons. The third kappa shape index (κ3) is 3.37. The number of benzene rings is 2. The molecule has 0 saturated carbocycles. The van der Waals surface area contributed by atoms with Crippen LogP contribution in [0.1, 0.15) is 5.56 Å². The Kier molecular flexibility index (Phi) is 4.42. The van der Waals surface area contributed by atoms with E-state index in [1.165, 1.54) is 30.3 Å². The zero-order chi connectivity index (χ0) is 14.7. The van der Waals surface area contributed by atoms with Gasteiger partial charge in [0.15, 0.2) is 0 Å². The molecule has 0 amide bonds. The third-order valence-corrected chi connectivity index (χ3v) is 3.07. The zero-order valence-electron chi connectivity index (χ0n) is 9.98. The minimum Gasteiger partial charge on any atom is -0.489 e. The molecule has 4 nitrogen and oxygen atoms in total. The molecule has 20 heavy (non-hydrogen) atoms. The quantitative estimate of drug-likeness (QED) is 0.611. The second-order valence-electron chi connectivity index (χ2n) is 3.89. The van der Waals surface area contributed by atoms with E-state index in [0.717, 1.165) is 6.07 Å². The summed E-state index contributed by atoms with van der Waals surface area (Å²) in [5.41, 5.74) is 0.196. The average Bonchev–Trinajstić information content (AvgIpc) is 2.40. The molecule has 0 saturated heterocycles. The third-order valence-electron chi connectivity index (χ3n) is 2.52. The van der Waals surface area contributed by atoms with Crippen molar-refractivity contribution in [3.05, 3.63) is 67.9 Å². The summed E-state index contributed by atoms with van der Waals surface area (Å²) in [5, 5.41) is 11.2. The lowest BCUT2D eigenvalue weighted by atomic mass is 10.2. The summed E-state index contributed by atoms with van der Waals surface area (Å²) >= 11 is 11.3. The Morgan fingerprint density at radius 1 is 1.20 bits per heavy atom.